The standard InChI is InChI=1S/C23H23FN2O2S/c1-16-25-21(22(29-16)18-7-3-2-4-8-18)23(27)26-13-5-6-17(14-26)15-28-20-11-9-19(24)10-12-20/h2-4,7-12,17H,5-6,13-15H2,1H3/t17-/m1/s1. The third kappa shape index (κ3) is 4.65. The molecule has 0 radical (unpaired) electrons. The number of halogens is 1. The molecule has 4 rings (SSSR count). The molecule has 0 spiro atoms. The van der Waals surface area contributed by atoms with E-state index >= 15 is 0 Å². The molecule has 3 aromatic rings. The van der Waals surface area contributed by atoms with Crippen LogP contribution in [0.3, 0.4) is 0 Å². The quantitative estimate of drug-likeness (QED) is 0.581. The third-order valence-electron chi connectivity index (χ3n) is 5.08. The van der Waals surface area contributed by atoms with Crippen LogP contribution in [0.25, 0.3) is 10.4 Å². The number of carbonyl (C=O) groups excluding carboxylic acids is 1. The van der Waals surface area contributed by atoms with E-state index in [0.29, 0.717) is 24.6 Å². The van der Waals surface area contributed by atoms with Gasteiger partial charge in [-0.25, -0.2) is 9.37 Å². The van der Waals surface area contributed by atoms with Crippen molar-refractivity contribution in [2.45, 2.75) is 19.8 Å². The van der Waals surface area contributed by atoms with E-state index in [1.807, 2.05) is 42.2 Å². The molecule has 0 aliphatic carbocycles. The zero-order chi connectivity index (χ0) is 20.2. The fraction of sp³-hybridized carbons (Fsp3) is 0.304. The molecule has 1 atom stereocenters. The summed E-state index contributed by atoms with van der Waals surface area (Å²) in [6.45, 7) is 3.82. The molecule has 0 N–H and O–H groups in total. The smallest absolute Gasteiger partial charge is 0.274 e. The van der Waals surface area contributed by atoms with E-state index in [1.54, 1.807) is 23.5 Å². The molecule has 1 fully saturated rings. The summed E-state index contributed by atoms with van der Waals surface area (Å²) in [5.74, 6) is 0.605. The number of thiazole rings is 1. The summed E-state index contributed by atoms with van der Waals surface area (Å²) >= 11 is 1.56. The monoisotopic (exact) mass is 410 g/mol. The Hall–Kier alpha value is -2.73. The number of piperidine rings is 1. The number of rotatable bonds is 5. The van der Waals surface area contributed by atoms with Gasteiger partial charge in [0.1, 0.15) is 17.3 Å². The van der Waals surface area contributed by atoms with Crippen LogP contribution in [0.2, 0.25) is 0 Å². The molecule has 150 valence electrons. The Balaban J connectivity index is 1.45. The van der Waals surface area contributed by atoms with E-state index in [4.69, 9.17) is 4.74 Å². The minimum absolute atomic E-state index is 0.0142. The number of carbonyl (C=O) groups is 1. The molecule has 29 heavy (non-hydrogen) atoms. The molecule has 2 heterocycles. The van der Waals surface area contributed by atoms with Crippen LogP contribution < -0.4 is 4.74 Å². The molecule has 0 saturated carbocycles. The number of ether oxygens (including phenoxy) is 1. The Bertz CT molecular complexity index is 972. The van der Waals surface area contributed by atoms with Crippen molar-refractivity contribution in [2.24, 2.45) is 5.92 Å². The Kier molecular flexibility index (Phi) is 5.90. The van der Waals surface area contributed by atoms with Crippen molar-refractivity contribution in [1.29, 1.82) is 0 Å². The van der Waals surface area contributed by atoms with Crippen molar-refractivity contribution in [3.8, 4) is 16.2 Å². The molecular formula is C23H23FN2O2S. The normalized spacial score (nSPS) is 16.6. The highest BCUT2D eigenvalue weighted by Gasteiger charge is 2.28. The lowest BCUT2D eigenvalue weighted by atomic mass is 9.98. The van der Waals surface area contributed by atoms with Gasteiger partial charge in [-0.2, -0.15) is 0 Å². The Morgan fingerprint density at radius 2 is 1.97 bits per heavy atom. The van der Waals surface area contributed by atoms with Crippen molar-refractivity contribution >= 4 is 17.2 Å². The zero-order valence-corrected chi connectivity index (χ0v) is 17.1. The maximum absolute atomic E-state index is 13.3. The van der Waals surface area contributed by atoms with Crippen LogP contribution in [0, 0.1) is 18.7 Å². The summed E-state index contributed by atoms with van der Waals surface area (Å²) in [6.07, 6.45) is 1.94. The first kappa shape index (κ1) is 19.6. The number of likely N-dealkylation sites (tertiary alicyclic amines) is 1. The number of amides is 1. The maximum atomic E-state index is 13.3. The van der Waals surface area contributed by atoms with E-state index in [0.717, 1.165) is 34.8 Å². The molecule has 0 bridgehead atoms. The van der Waals surface area contributed by atoms with Crippen molar-refractivity contribution < 1.29 is 13.9 Å². The van der Waals surface area contributed by atoms with Gasteiger partial charge in [0.25, 0.3) is 5.91 Å². The first-order valence-corrected chi connectivity index (χ1v) is 10.6. The molecule has 6 heteroatoms. The molecular weight excluding hydrogens is 387 g/mol. The Morgan fingerprint density at radius 3 is 2.72 bits per heavy atom. The van der Waals surface area contributed by atoms with Gasteiger partial charge in [0.15, 0.2) is 0 Å². The molecule has 1 amide bonds. The van der Waals surface area contributed by atoms with Crippen molar-refractivity contribution in [2.75, 3.05) is 19.7 Å². The first-order chi connectivity index (χ1) is 14.1. The fourth-order valence-electron chi connectivity index (χ4n) is 3.64. The summed E-state index contributed by atoms with van der Waals surface area (Å²) in [4.78, 5) is 20.6. The zero-order valence-electron chi connectivity index (χ0n) is 16.3. The van der Waals surface area contributed by atoms with Gasteiger partial charge in [0, 0.05) is 19.0 Å². The number of hydrogen-bond donors (Lipinski definition) is 0. The second kappa shape index (κ2) is 8.74. The van der Waals surface area contributed by atoms with Crippen molar-refractivity contribution in [1.82, 2.24) is 9.88 Å². The van der Waals surface area contributed by atoms with Gasteiger partial charge in [0.05, 0.1) is 16.5 Å². The highest BCUT2D eigenvalue weighted by Crippen LogP contribution is 2.31. The second-order valence-electron chi connectivity index (χ2n) is 7.30. The van der Waals surface area contributed by atoms with E-state index in [1.165, 1.54) is 12.1 Å². The van der Waals surface area contributed by atoms with Gasteiger partial charge in [-0.15, -0.1) is 11.3 Å². The van der Waals surface area contributed by atoms with Crippen LogP contribution in [-0.4, -0.2) is 35.5 Å². The van der Waals surface area contributed by atoms with Gasteiger partial charge < -0.3 is 9.64 Å². The lowest BCUT2D eigenvalue weighted by molar-refractivity contribution is 0.0629. The predicted molar refractivity (Wildman–Crippen MR) is 113 cm³/mol. The van der Waals surface area contributed by atoms with Gasteiger partial charge in [-0.3, -0.25) is 4.79 Å². The minimum atomic E-state index is -0.278. The molecule has 4 nitrogen and oxygen atoms in total. The minimum Gasteiger partial charge on any atom is -0.493 e. The summed E-state index contributed by atoms with van der Waals surface area (Å²) in [7, 11) is 0. The van der Waals surface area contributed by atoms with E-state index in [9.17, 15) is 9.18 Å². The highest BCUT2D eigenvalue weighted by atomic mass is 32.1. The van der Waals surface area contributed by atoms with Crippen LogP contribution in [0.4, 0.5) is 4.39 Å². The number of nitrogens with zero attached hydrogens (tertiary/aromatic N) is 2. The lowest BCUT2D eigenvalue weighted by Gasteiger charge is -2.32. The Morgan fingerprint density at radius 1 is 1.21 bits per heavy atom. The number of aryl methyl sites for hydroxylation is 1. The van der Waals surface area contributed by atoms with Gasteiger partial charge >= 0.3 is 0 Å². The highest BCUT2D eigenvalue weighted by molar-refractivity contribution is 7.15. The van der Waals surface area contributed by atoms with Crippen molar-refractivity contribution in [3.05, 3.63) is 71.1 Å². The topological polar surface area (TPSA) is 42.4 Å². The number of hydrogen-bond acceptors (Lipinski definition) is 4. The first-order valence-electron chi connectivity index (χ1n) is 9.80. The van der Waals surface area contributed by atoms with Gasteiger partial charge in [-0.1, -0.05) is 30.3 Å². The van der Waals surface area contributed by atoms with Crippen molar-refractivity contribution in [3.63, 3.8) is 0 Å². The maximum Gasteiger partial charge on any atom is 0.274 e. The fourth-order valence-corrected chi connectivity index (χ4v) is 4.55. The van der Waals surface area contributed by atoms with E-state index < -0.39 is 0 Å². The molecule has 1 saturated heterocycles. The summed E-state index contributed by atoms with van der Waals surface area (Å²) in [5, 5.41) is 0.889. The van der Waals surface area contributed by atoms with Crippen LogP contribution in [0.15, 0.2) is 54.6 Å². The van der Waals surface area contributed by atoms with Crippen LogP contribution in [0.5, 0.6) is 5.75 Å². The summed E-state index contributed by atoms with van der Waals surface area (Å²) in [6, 6.07) is 16.0. The largest absolute Gasteiger partial charge is 0.493 e. The summed E-state index contributed by atoms with van der Waals surface area (Å²) < 4.78 is 18.8. The average Bonchev–Trinajstić information content (AvgIpc) is 3.15. The molecule has 1 aliphatic heterocycles. The van der Waals surface area contributed by atoms with E-state index in [-0.39, 0.29) is 17.6 Å². The molecule has 0 unspecified atom stereocenters. The molecule has 2 aromatic carbocycles. The molecule has 1 aromatic heterocycles. The lowest BCUT2D eigenvalue weighted by Crippen LogP contribution is -2.41. The van der Waals surface area contributed by atoms with Crippen LogP contribution >= 0.6 is 11.3 Å². The Labute approximate surface area is 174 Å². The summed E-state index contributed by atoms with van der Waals surface area (Å²) in [5.41, 5.74) is 1.56. The SMILES string of the molecule is Cc1nc(C(=O)N2CCC[C@@H](COc3ccc(F)cc3)C2)c(-c2ccccc2)s1. The average molecular weight is 411 g/mol. The number of aromatic nitrogens is 1. The predicted octanol–water partition coefficient (Wildman–Crippen LogP) is 5.19. The van der Waals surface area contributed by atoms with Crippen LogP contribution in [0.1, 0.15) is 28.3 Å². The third-order valence-corrected chi connectivity index (χ3v) is 6.10. The van der Waals surface area contributed by atoms with E-state index in [2.05, 4.69) is 4.98 Å². The number of benzene rings is 2. The van der Waals surface area contributed by atoms with Gasteiger partial charge in [0.2, 0.25) is 0 Å². The molecule has 1 aliphatic rings. The van der Waals surface area contributed by atoms with Gasteiger partial charge in [-0.05, 0) is 49.6 Å². The second-order valence-corrected chi connectivity index (χ2v) is 8.50. The van der Waals surface area contributed by atoms with Crippen LogP contribution in [-0.2, 0) is 0 Å².